The Morgan fingerprint density at radius 3 is 2.68 bits per heavy atom. The average Bonchev–Trinajstić information content (AvgIpc) is 2.64. The van der Waals surface area contributed by atoms with Crippen molar-refractivity contribution in [3.63, 3.8) is 0 Å². The van der Waals surface area contributed by atoms with Crippen LogP contribution in [0.2, 0.25) is 0 Å². The van der Waals surface area contributed by atoms with E-state index in [9.17, 15) is 9.90 Å². The number of carbonyl (C=O) groups excluding carboxylic acids is 1. The van der Waals surface area contributed by atoms with Crippen molar-refractivity contribution in [3.05, 3.63) is 17.3 Å². The maximum atomic E-state index is 12.3. The molecule has 0 aromatic carbocycles. The van der Waals surface area contributed by atoms with Crippen LogP contribution in [0.25, 0.3) is 10.3 Å². The maximum Gasteiger partial charge on any atom is 0.266 e. The van der Waals surface area contributed by atoms with E-state index in [-0.39, 0.29) is 12.5 Å². The van der Waals surface area contributed by atoms with Gasteiger partial charge in [-0.1, -0.05) is 0 Å². The lowest BCUT2D eigenvalue weighted by Crippen LogP contribution is -2.39. The van der Waals surface area contributed by atoms with Gasteiger partial charge in [0.15, 0.2) is 0 Å². The Balaban J connectivity index is 2.34. The minimum atomic E-state index is -0.952. The van der Waals surface area contributed by atoms with Crippen LogP contribution in [0.5, 0.6) is 0 Å². The predicted octanol–water partition coefficient (Wildman–Crippen LogP) is 1.12. The Bertz CT molecular complexity index is 618. The van der Waals surface area contributed by atoms with E-state index in [2.05, 4.69) is 9.97 Å². The molecule has 0 radical (unpaired) electrons. The highest BCUT2D eigenvalue weighted by Gasteiger charge is 2.24. The van der Waals surface area contributed by atoms with E-state index in [1.807, 2.05) is 0 Å². The number of likely N-dealkylation sites (N-methyl/N-ethyl adjacent to an activating group) is 1. The number of nitrogen functional groups attached to an aromatic ring is 1. The van der Waals surface area contributed by atoms with Crippen molar-refractivity contribution >= 4 is 33.3 Å². The van der Waals surface area contributed by atoms with Crippen molar-refractivity contribution in [1.82, 2.24) is 14.9 Å². The summed E-state index contributed by atoms with van der Waals surface area (Å²) in [4.78, 5) is 23.1. The number of anilines is 1. The lowest BCUT2D eigenvalue weighted by atomic mass is 10.1. The molecule has 19 heavy (non-hydrogen) atoms. The lowest BCUT2D eigenvalue weighted by Gasteiger charge is -2.25. The Kier molecular flexibility index (Phi) is 3.42. The molecule has 0 aliphatic heterocycles. The highest BCUT2D eigenvalue weighted by molar-refractivity contribution is 7.21. The molecular formula is C12H16N4O2S. The first-order valence-electron chi connectivity index (χ1n) is 5.76. The lowest BCUT2D eigenvalue weighted by molar-refractivity contribution is 0.0371. The average molecular weight is 280 g/mol. The first-order valence-corrected chi connectivity index (χ1v) is 6.58. The second kappa shape index (κ2) is 4.75. The summed E-state index contributed by atoms with van der Waals surface area (Å²) in [6, 6.07) is 0. The fourth-order valence-electron chi connectivity index (χ4n) is 1.83. The Hall–Kier alpha value is -1.73. The molecular weight excluding hydrogens is 264 g/mol. The number of rotatable bonds is 3. The van der Waals surface area contributed by atoms with Gasteiger partial charge in [-0.2, -0.15) is 0 Å². The number of nitrogens with zero attached hydrogens (tertiary/aromatic N) is 3. The number of aliphatic hydroxyl groups is 1. The summed E-state index contributed by atoms with van der Waals surface area (Å²) in [5.41, 5.74) is 5.88. The van der Waals surface area contributed by atoms with E-state index >= 15 is 0 Å². The molecule has 6 nitrogen and oxygen atoms in total. The fourth-order valence-corrected chi connectivity index (χ4v) is 2.84. The quantitative estimate of drug-likeness (QED) is 0.878. The third-order valence-electron chi connectivity index (χ3n) is 2.53. The zero-order valence-corrected chi connectivity index (χ0v) is 11.9. The highest BCUT2D eigenvalue weighted by atomic mass is 32.1. The standard InChI is InChI=1S/C12H16N4O2S/c1-12(2,18)6-16(3)11(17)9-7(13)8-10(19-9)15-5-4-14-8/h4-5,18H,6,13H2,1-3H3. The summed E-state index contributed by atoms with van der Waals surface area (Å²) >= 11 is 1.21. The summed E-state index contributed by atoms with van der Waals surface area (Å²) in [5.74, 6) is -0.232. The van der Waals surface area contributed by atoms with Crippen LogP contribution in [0.1, 0.15) is 23.5 Å². The second-order valence-corrected chi connectivity index (χ2v) is 6.03. The Labute approximate surface area is 114 Å². The van der Waals surface area contributed by atoms with E-state index < -0.39 is 5.60 Å². The van der Waals surface area contributed by atoms with Gasteiger partial charge in [0.2, 0.25) is 0 Å². The highest BCUT2D eigenvalue weighted by Crippen LogP contribution is 2.31. The Morgan fingerprint density at radius 1 is 1.47 bits per heavy atom. The van der Waals surface area contributed by atoms with Crippen LogP contribution in [0.3, 0.4) is 0 Å². The van der Waals surface area contributed by atoms with Gasteiger partial charge in [-0.05, 0) is 13.8 Å². The molecule has 0 atom stereocenters. The zero-order valence-electron chi connectivity index (χ0n) is 11.0. The minimum absolute atomic E-state index is 0.223. The van der Waals surface area contributed by atoms with Gasteiger partial charge >= 0.3 is 0 Å². The molecule has 2 heterocycles. The molecule has 0 saturated heterocycles. The number of hydrogen-bond donors (Lipinski definition) is 2. The zero-order chi connectivity index (χ0) is 14.2. The predicted molar refractivity (Wildman–Crippen MR) is 75.1 cm³/mol. The number of hydrogen-bond acceptors (Lipinski definition) is 6. The van der Waals surface area contributed by atoms with Crippen molar-refractivity contribution in [2.45, 2.75) is 19.4 Å². The maximum absolute atomic E-state index is 12.3. The third-order valence-corrected chi connectivity index (χ3v) is 3.62. The summed E-state index contributed by atoms with van der Waals surface area (Å²) < 4.78 is 0. The van der Waals surface area contributed by atoms with Gasteiger partial charge < -0.3 is 15.7 Å². The molecule has 0 bridgehead atoms. The van der Waals surface area contributed by atoms with Crippen molar-refractivity contribution < 1.29 is 9.90 Å². The monoisotopic (exact) mass is 280 g/mol. The molecule has 2 rings (SSSR count). The SMILES string of the molecule is CN(CC(C)(C)O)C(=O)c1sc2nccnc2c1N. The van der Waals surface area contributed by atoms with Crippen molar-refractivity contribution in [2.24, 2.45) is 0 Å². The van der Waals surface area contributed by atoms with Crippen LogP contribution >= 0.6 is 11.3 Å². The molecule has 0 aliphatic rings. The van der Waals surface area contributed by atoms with Crippen LogP contribution in [0.15, 0.2) is 12.4 Å². The summed E-state index contributed by atoms with van der Waals surface area (Å²) in [6.45, 7) is 3.52. The summed E-state index contributed by atoms with van der Waals surface area (Å²) in [6.07, 6.45) is 3.10. The van der Waals surface area contributed by atoms with E-state index in [0.29, 0.717) is 20.9 Å². The number of thiophene rings is 1. The van der Waals surface area contributed by atoms with Crippen LogP contribution in [-0.4, -0.2) is 45.1 Å². The number of amides is 1. The summed E-state index contributed by atoms with van der Waals surface area (Å²) in [7, 11) is 1.63. The van der Waals surface area contributed by atoms with Gasteiger partial charge in [-0.3, -0.25) is 4.79 Å². The number of aromatic nitrogens is 2. The van der Waals surface area contributed by atoms with Crippen LogP contribution < -0.4 is 5.73 Å². The number of fused-ring (bicyclic) bond motifs is 1. The first-order chi connectivity index (χ1) is 8.79. The largest absolute Gasteiger partial charge is 0.396 e. The molecule has 1 amide bonds. The molecule has 102 valence electrons. The third kappa shape index (κ3) is 2.82. The number of nitrogens with two attached hydrogens (primary N) is 1. The molecule has 0 fully saturated rings. The topological polar surface area (TPSA) is 92.3 Å². The van der Waals surface area contributed by atoms with E-state index in [1.165, 1.54) is 16.2 Å². The van der Waals surface area contributed by atoms with Crippen molar-refractivity contribution in [2.75, 3.05) is 19.3 Å². The molecule has 0 saturated carbocycles. The van der Waals surface area contributed by atoms with Crippen molar-refractivity contribution in [3.8, 4) is 0 Å². The molecule has 0 aliphatic carbocycles. The minimum Gasteiger partial charge on any atom is -0.396 e. The van der Waals surface area contributed by atoms with E-state index in [0.717, 1.165) is 0 Å². The first kappa shape index (κ1) is 13.7. The second-order valence-electron chi connectivity index (χ2n) is 5.03. The van der Waals surface area contributed by atoms with Gasteiger partial charge in [-0.15, -0.1) is 11.3 Å². The smallest absolute Gasteiger partial charge is 0.266 e. The van der Waals surface area contributed by atoms with Crippen LogP contribution in [0.4, 0.5) is 5.69 Å². The molecule has 7 heteroatoms. The fraction of sp³-hybridized carbons (Fsp3) is 0.417. The summed E-state index contributed by atoms with van der Waals surface area (Å²) in [5, 5.41) is 9.75. The van der Waals surface area contributed by atoms with E-state index in [4.69, 9.17) is 5.73 Å². The van der Waals surface area contributed by atoms with Gasteiger partial charge in [0, 0.05) is 26.0 Å². The van der Waals surface area contributed by atoms with Gasteiger partial charge in [-0.25, -0.2) is 9.97 Å². The van der Waals surface area contributed by atoms with Gasteiger partial charge in [0.25, 0.3) is 5.91 Å². The van der Waals surface area contributed by atoms with Crippen molar-refractivity contribution in [1.29, 1.82) is 0 Å². The molecule has 0 spiro atoms. The molecule has 2 aromatic rings. The van der Waals surface area contributed by atoms with Gasteiger partial charge in [0.1, 0.15) is 15.2 Å². The molecule has 3 N–H and O–H groups in total. The number of carbonyl (C=O) groups is 1. The molecule has 0 unspecified atom stereocenters. The van der Waals surface area contributed by atoms with Gasteiger partial charge in [0.05, 0.1) is 11.3 Å². The Morgan fingerprint density at radius 2 is 2.11 bits per heavy atom. The van der Waals surface area contributed by atoms with E-state index in [1.54, 1.807) is 33.3 Å². The van der Waals surface area contributed by atoms with Crippen LogP contribution in [-0.2, 0) is 0 Å². The normalized spacial score (nSPS) is 11.8. The van der Waals surface area contributed by atoms with Crippen LogP contribution in [0, 0.1) is 0 Å². The molecule has 2 aromatic heterocycles.